The molecule has 1 aliphatic carbocycles. The number of primary amides is 1. The van der Waals surface area contributed by atoms with Crippen molar-refractivity contribution < 1.29 is 9.53 Å². The van der Waals surface area contributed by atoms with Gasteiger partial charge < -0.3 is 21.5 Å². The molecule has 110 valence electrons. The van der Waals surface area contributed by atoms with Gasteiger partial charge in [0.2, 0.25) is 5.91 Å². The van der Waals surface area contributed by atoms with Crippen LogP contribution in [0.5, 0.6) is 0 Å². The van der Waals surface area contributed by atoms with Crippen LogP contribution in [0.3, 0.4) is 0 Å². The van der Waals surface area contributed by atoms with Gasteiger partial charge in [0.1, 0.15) is 0 Å². The lowest BCUT2D eigenvalue weighted by Gasteiger charge is -2.52. The van der Waals surface area contributed by atoms with Crippen LogP contribution < -0.4 is 16.8 Å². The van der Waals surface area contributed by atoms with Gasteiger partial charge >= 0.3 is 0 Å². The van der Waals surface area contributed by atoms with E-state index in [1.54, 1.807) is 18.2 Å². The number of nitrogens with one attached hydrogen (secondary N) is 1. The molecular formula is C15H23N3O2. The molecule has 0 aromatic heterocycles. The van der Waals surface area contributed by atoms with E-state index in [-0.39, 0.29) is 17.6 Å². The number of nitrogen functional groups attached to an aromatic ring is 1. The maximum atomic E-state index is 11.2. The SMILES string of the molecule is CCOC1CC(Nc2cc(C(N)=O)ccc2N)C1(C)C. The molecule has 1 fully saturated rings. The molecule has 0 radical (unpaired) electrons. The molecule has 1 amide bonds. The van der Waals surface area contributed by atoms with E-state index in [1.165, 1.54) is 0 Å². The summed E-state index contributed by atoms with van der Waals surface area (Å²) in [6.45, 7) is 7.07. The summed E-state index contributed by atoms with van der Waals surface area (Å²) in [5.41, 5.74) is 13.1. The lowest BCUT2D eigenvalue weighted by atomic mass is 9.64. The van der Waals surface area contributed by atoms with E-state index < -0.39 is 5.91 Å². The molecule has 20 heavy (non-hydrogen) atoms. The standard InChI is InChI=1S/C15H23N3O2/c1-4-20-13-8-12(15(13,2)3)18-11-7-9(14(17)19)5-6-10(11)16/h5-7,12-13,18H,4,8,16H2,1-3H3,(H2,17,19). The highest BCUT2D eigenvalue weighted by Gasteiger charge is 2.49. The zero-order valence-electron chi connectivity index (χ0n) is 12.3. The van der Waals surface area contributed by atoms with E-state index in [0.29, 0.717) is 11.3 Å². The van der Waals surface area contributed by atoms with Crippen molar-refractivity contribution >= 4 is 17.3 Å². The summed E-state index contributed by atoms with van der Waals surface area (Å²) in [5.74, 6) is -0.451. The van der Waals surface area contributed by atoms with Crippen LogP contribution in [0.2, 0.25) is 0 Å². The van der Waals surface area contributed by atoms with Crippen LogP contribution in [0, 0.1) is 5.41 Å². The monoisotopic (exact) mass is 277 g/mol. The summed E-state index contributed by atoms with van der Waals surface area (Å²) < 4.78 is 5.71. The van der Waals surface area contributed by atoms with Crippen molar-refractivity contribution in [3.63, 3.8) is 0 Å². The Labute approximate surface area is 119 Å². The Bertz CT molecular complexity index is 514. The fourth-order valence-corrected chi connectivity index (χ4v) is 2.64. The van der Waals surface area contributed by atoms with Crippen LogP contribution in [0.1, 0.15) is 37.6 Å². The predicted octanol–water partition coefficient (Wildman–Crippen LogP) is 1.98. The van der Waals surface area contributed by atoms with Gasteiger partial charge in [-0.05, 0) is 31.5 Å². The first-order valence-corrected chi connectivity index (χ1v) is 6.93. The number of hydrogen-bond acceptors (Lipinski definition) is 4. The summed E-state index contributed by atoms with van der Waals surface area (Å²) in [6, 6.07) is 5.32. The highest BCUT2D eigenvalue weighted by atomic mass is 16.5. The molecule has 1 aromatic carbocycles. The molecule has 0 aliphatic heterocycles. The number of benzene rings is 1. The summed E-state index contributed by atoms with van der Waals surface area (Å²) in [7, 11) is 0. The van der Waals surface area contributed by atoms with Crippen LogP contribution in [-0.4, -0.2) is 24.7 Å². The van der Waals surface area contributed by atoms with Gasteiger partial charge in [-0.15, -0.1) is 0 Å². The first-order valence-electron chi connectivity index (χ1n) is 6.93. The summed E-state index contributed by atoms with van der Waals surface area (Å²) >= 11 is 0. The molecule has 5 heteroatoms. The number of amides is 1. The largest absolute Gasteiger partial charge is 0.397 e. The van der Waals surface area contributed by atoms with Gasteiger partial charge in [-0.1, -0.05) is 13.8 Å². The summed E-state index contributed by atoms with van der Waals surface area (Å²) in [4.78, 5) is 11.2. The summed E-state index contributed by atoms with van der Waals surface area (Å²) in [5, 5.41) is 3.41. The Balaban J connectivity index is 2.12. The van der Waals surface area contributed by atoms with Gasteiger partial charge in [0.25, 0.3) is 0 Å². The van der Waals surface area contributed by atoms with Crippen molar-refractivity contribution in [2.45, 2.75) is 39.3 Å². The third-order valence-electron chi connectivity index (χ3n) is 4.21. The Kier molecular flexibility index (Phi) is 3.90. The minimum absolute atomic E-state index is 0.0329. The Morgan fingerprint density at radius 2 is 2.20 bits per heavy atom. The van der Waals surface area contributed by atoms with Gasteiger partial charge in [-0.25, -0.2) is 0 Å². The van der Waals surface area contributed by atoms with E-state index >= 15 is 0 Å². The van der Waals surface area contributed by atoms with E-state index in [4.69, 9.17) is 16.2 Å². The van der Waals surface area contributed by atoms with Crippen LogP contribution >= 0.6 is 0 Å². The van der Waals surface area contributed by atoms with Crippen molar-refractivity contribution in [1.82, 2.24) is 0 Å². The average molecular weight is 277 g/mol. The van der Waals surface area contributed by atoms with E-state index in [0.717, 1.165) is 18.7 Å². The fraction of sp³-hybridized carbons (Fsp3) is 0.533. The second kappa shape index (κ2) is 5.32. The number of rotatable bonds is 5. The van der Waals surface area contributed by atoms with Crippen LogP contribution in [0.25, 0.3) is 0 Å². The molecule has 0 heterocycles. The molecule has 0 saturated heterocycles. The topological polar surface area (TPSA) is 90.4 Å². The zero-order chi connectivity index (χ0) is 14.9. The molecule has 1 aromatic rings. The van der Waals surface area contributed by atoms with E-state index in [9.17, 15) is 4.79 Å². The third-order valence-corrected chi connectivity index (χ3v) is 4.21. The van der Waals surface area contributed by atoms with Crippen LogP contribution in [0.15, 0.2) is 18.2 Å². The van der Waals surface area contributed by atoms with Crippen molar-refractivity contribution in [2.75, 3.05) is 17.7 Å². The third kappa shape index (κ3) is 2.58. The minimum Gasteiger partial charge on any atom is -0.397 e. The second-order valence-corrected chi connectivity index (χ2v) is 5.86. The highest BCUT2D eigenvalue weighted by Crippen LogP contribution is 2.44. The smallest absolute Gasteiger partial charge is 0.248 e. The highest BCUT2D eigenvalue weighted by molar-refractivity contribution is 5.95. The number of anilines is 2. The molecular weight excluding hydrogens is 254 g/mol. The van der Waals surface area contributed by atoms with Crippen molar-refractivity contribution in [3.05, 3.63) is 23.8 Å². The average Bonchev–Trinajstić information content (AvgIpc) is 2.39. The first-order chi connectivity index (χ1) is 9.36. The van der Waals surface area contributed by atoms with E-state index in [2.05, 4.69) is 19.2 Å². The van der Waals surface area contributed by atoms with Gasteiger partial charge in [0, 0.05) is 23.6 Å². The Morgan fingerprint density at radius 1 is 1.50 bits per heavy atom. The second-order valence-electron chi connectivity index (χ2n) is 5.86. The summed E-state index contributed by atoms with van der Waals surface area (Å²) in [6.07, 6.45) is 1.19. The maximum absolute atomic E-state index is 11.2. The quantitative estimate of drug-likeness (QED) is 0.718. The van der Waals surface area contributed by atoms with Gasteiger partial charge in [0.15, 0.2) is 0 Å². The molecule has 5 N–H and O–H groups in total. The lowest BCUT2D eigenvalue weighted by Crippen LogP contribution is -2.58. The van der Waals surface area contributed by atoms with Crippen LogP contribution in [0.4, 0.5) is 11.4 Å². The normalized spacial score (nSPS) is 23.9. The molecule has 5 nitrogen and oxygen atoms in total. The predicted molar refractivity (Wildman–Crippen MR) is 80.6 cm³/mol. The Hall–Kier alpha value is -1.75. The first kappa shape index (κ1) is 14.7. The van der Waals surface area contributed by atoms with Gasteiger partial charge in [-0.2, -0.15) is 0 Å². The molecule has 1 aliphatic rings. The number of carbonyl (C=O) groups excluding carboxylic acids is 1. The molecule has 0 bridgehead atoms. The number of ether oxygens (including phenoxy) is 1. The zero-order valence-corrected chi connectivity index (χ0v) is 12.3. The van der Waals surface area contributed by atoms with Gasteiger partial charge in [0.05, 0.1) is 17.5 Å². The number of carbonyl (C=O) groups is 1. The minimum atomic E-state index is -0.451. The van der Waals surface area contributed by atoms with Crippen LogP contribution in [-0.2, 0) is 4.74 Å². The Morgan fingerprint density at radius 3 is 2.75 bits per heavy atom. The molecule has 2 rings (SSSR count). The maximum Gasteiger partial charge on any atom is 0.248 e. The van der Waals surface area contributed by atoms with E-state index in [1.807, 2.05) is 6.92 Å². The molecule has 0 spiro atoms. The molecule has 1 saturated carbocycles. The lowest BCUT2D eigenvalue weighted by molar-refractivity contribution is -0.0975. The van der Waals surface area contributed by atoms with Crippen molar-refractivity contribution in [2.24, 2.45) is 11.1 Å². The van der Waals surface area contributed by atoms with Gasteiger partial charge in [-0.3, -0.25) is 4.79 Å². The molecule has 2 atom stereocenters. The van der Waals surface area contributed by atoms with Crippen molar-refractivity contribution in [3.8, 4) is 0 Å². The fourth-order valence-electron chi connectivity index (χ4n) is 2.64. The number of nitrogens with two attached hydrogens (primary N) is 2. The van der Waals surface area contributed by atoms with Crippen molar-refractivity contribution in [1.29, 1.82) is 0 Å². The number of hydrogen-bond donors (Lipinski definition) is 3. The molecule has 2 unspecified atom stereocenters.